The number of aromatic nitrogens is 2. The van der Waals surface area contributed by atoms with Gasteiger partial charge in [-0.15, -0.1) is 12.6 Å². The van der Waals surface area contributed by atoms with Gasteiger partial charge in [0, 0.05) is 70.6 Å². The molecule has 0 bridgehead atoms. The van der Waals surface area contributed by atoms with Crippen LogP contribution in [0.15, 0.2) is 206 Å². The Kier molecular flexibility index (Phi) is 15.9. The van der Waals surface area contributed by atoms with Crippen molar-refractivity contribution in [2.45, 2.75) is 27.9 Å². The van der Waals surface area contributed by atoms with E-state index in [1.54, 1.807) is 21.6 Å². The molecule has 0 saturated carbocycles. The topological polar surface area (TPSA) is 118 Å². The number of halogens is 1. The van der Waals surface area contributed by atoms with E-state index in [1.165, 1.54) is 26.4 Å². The molecule has 368 valence electrons. The molecule has 0 spiro atoms. The first-order chi connectivity index (χ1) is 35.8. The molecule has 0 atom stereocenters. The summed E-state index contributed by atoms with van der Waals surface area (Å²) in [6.45, 7) is 5.48. The van der Waals surface area contributed by atoms with Crippen molar-refractivity contribution in [3.63, 3.8) is 0 Å². The van der Waals surface area contributed by atoms with Crippen molar-refractivity contribution in [3.8, 4) is 0 Å². The summed E-state index contributed by atoms with van der Waals surface area (Å²) in [6.07, 6.45) is -0.564. The van der Waals surface area contributed by atoms with E-state index in [1.807, 2.05) is 115 Å². The summed E-state index contributed by atoms with van der Waals surface area (Å²) in [5, 5.41) is 4.91. The minimum absolute atomic E-state index is 0.277. The summed E-state index contributed by atoms with van der Waals surface area (Å²) in [5.74, 6) is 0. The fraction of sp³-hybridized carbons (Fsp3) is 0.172. The van der Waals surface area contributed by atoms with Crippen molar-refractivity contribution in [3.05, 3.63) is 197 Å². The smallest absolute Gasteiger partial charge is 0.410 e. The van der Waals surface area contributed by atoms with E-state index in [9.17, 15) is 9.59 Å². The Hall–Kier alpha value is -7.21. The van der Waals surface area contributed by atoms with E-state index in [4.69, 9.17) is 23.3 Å². The van der Waals surface area contributed by atoms with Crippen LogP contribution >= 0.6 is 47.0 Å². The summed E-state index contributed by atoms with van der Waals surface area (Å²) < 4.78 is 24.0. The highest BCUT2D eigenvalue weighted by atomic mass is 127. The molecule has 2 aliphatic heterocycles. The molecule has 0 unspecified atom stereocenters. The Labute approximate surface area is 446 Å². The van der Waals surface area contributed by atoms with Gasteiger partial charge < -0.3 is 37.9 Å². The van der Waals surface area contributed by atoms with E-state index in [2.05, 4.69) is 117 Å². The molecule has 2 aliphatic rings. The SMILES string of the molecule is O=C(OCc1ccccc1)N1CCN(c2nc3c(I)cccc3o2)CC1.O=C(OCc1ccccc1)N1CCN(c2nc3c(Sc4cccc5ccccc45)cccc3o2)CC1.Sc1cccc2ccccc12. The zero-order valence-corrected chi connectivity index (χ0v) is 43.6. The van der Waals surface area contributed by atoms with E-state index in [0.29, 0.717) is 71.0 Å². The predicted molar refractivity (Wildman–Crippen MR) is 301 cm³/mol. The normalized spacial score (nSPS) is 13.6. The fourth-order valence-corrected chi connectivity index (χ4v) is 10.5. The quantitative estimate of drug-likeness (QED) is 0.116. The number of hydrogen-bond donors (Lipinski definition) is 1. The van der Waals surface area contributed by atoms with E-state index in [0.717, 1.165) is 46.7 Å². The van der Waals surface area contributed by atoms with Gasteiger partial charge in [0.15, 0.2) is 11.2 Å². The lowest BCUT2D eigenvalue weighted by Crippen LogP contribution is -2.49. The predicted octanol–water partition coefficient (Wildman–Crippen LogP) is 13.6. The van der Waals surface area contributed by atoms with Gasteiger partial charge >= 0.3 is 12.2 Å². The van der Waals surface area contributed by atoms with Gasteiger partial charge in [0.1, 0.15) is 24.2 Å². The zero-order chi connectivity index (χ0) is 49.9. The van der Waals surface area contributed by atoms with Gasteiger partial charge in [-0.2, -0.15) is 9.97 Å². The maximum atomic E-state index is 12.5. The summed E-state index contributed by atoms with van der Waals surface area (Å²) in [5.41, 5.74) is 5.26. The van der Waals surface area contributed by atoms with Crippen LogP contribution in [0.1, 0.15) is 11.1 Å². The maximum Gasteiger partial charge on any atom is 0.410 e. The molecule has 15 heteroatoms. The van der Waals surface area contributed by atoms with Crippen molar-refractivity contribution >= 4 is 115 Å². The number of oxazole rings is 2. The van der Waals surface area contributed by atoms with Gasteiger partial charge in [-0.25, -0.2) is 9.59 Å². The Morgan fingerprint density at radius 2 is 0.932 bits per heavy atom. The number of rotatable bonds is 8. The van der Waals surface area contributed by atoms with Crippen LogP contribution in [0, 0.1) is 3.57 Å². The van der Waals surface area contributed by atoms with Crippen LogP contribution in [0.3, 0.4) is 0 Å². The summed E-state index contributed by atoms with van der Waals surface area (Å²) in [7, 11) is 0. The molecular weight excluding hydrogens is 1070 g/mol. The first-order valence-corrected chi connectivity index (χ1v) is 26.4. The number of fused-ring (bicyclic) bond motifs is 4. The molecule has 0 radical (unpaired) electrons. The minimum atomic E-state index is -0.287. The molecule has 73 heavy (non-hydrogen) atoms. The number of para-hydroxylation sites is 2. The highest BCUT2D eigenvalue weighted by Gasteiger charge is 2.27. The minimum Gasteiger partial charge on any atom is -0.445 e. The van der Waals surface area contributed by atoms with E-state index in [-0.39, 0.29) is 18.8 Å². The number of amides is 2. The van der Waals surface area contributed by atoms with Crippen molar-refractivity contribution in [1.29, 1.82) is 0 Å². The molecule has 0 N–H and O–H groups in total. The summed E-state index contributed by atoms with van der Waals surface area (Å²) in [4.78, 5) is 45.1. The molecule has 2 aromatic heterocycles. The maximum absolute atomic E-state index is 12.5. The fourth-order valence-electron chi connectivity index (χ4n) is 8.56. The van der Waals surface area contributed by atoms with Crippen LogP contribution in [0.4, 0.5) is 21.6 Å². The van der Waals surface area contributed by atoms with Crippen LogP contribution in [0.5, 0.6) is 0 Å². The van der Waals surface area contributed by atoms with Crippen LogP contribution in [-0.2, 0) is 22.7 Å². The highest BCUT2D eigenvalue weighted by Crippen LogP contribution is 2.38. The number of thiol groups is 1. The van der Waals surface area contributed by atoms with Crippen LogP contribution in [0.25, 0.3) is 43.7 Å². The number of anilines is 2. The van der Waals surface area contributed by atoms with E-state index >= 15 is 0 Å². The Bertz CT molecular complexity index is 3460. The standard InChI is InChI=1S/C29H25N3O3S.C19H18IN3O3.C10H8S/c33-29(34-20-21-8-2-1-3-9-21)32-18-16-31(17-19-32)28-30-27-24(35-28)13-7-15-26(27)36-25-14-6-11-22-10-4-5-12-23(22)25;20-15-7-4-8-16-17(15)21-18(26-16)22-9-11-23(12-10-22)19(24)25-13-14-5-2-1-3-6-14;11-10-7-3-5-8-4-1-2-6-9(8)10/h1-15H,16-20H2;1-8H,9-13H2;1-7,11H. The van der Waals surface area contributed by atoms with Crippen molar-refractivity contribution < 1.29 is 27.9 Å². The Morgan fingerprint density at radius 1 is 0.493 bits per heavy atom. The van der Waals surface area contributed by atoms with Crippen LogP contribution < -0.4 is 9.80 Å². The van der Waals surface area contributed by atoms with Gasteiger partial charge in [0.05, 0.1) is 0 Å². The van der Waals surface area contributed by atoms with Crippen LogP contribution in [-0.4, -0.2) is 84.3 Å². The second kappa shape index (κ2) is 23.6. The lowest BCUT2D eigenvalue weighted by atomic mass is 10.1. The van der Waals surface area contributed by atoms with Gasteiger partial charge in [0.25, 0.3) is 12.0 Å². The van der Waals surface area contributed by atoms with Crippen molar-refractivity contribution in [2.75, 3.05) is 62.2 Å². The number of ether oxygens (including phenoxy) is 2. The summed E-state index contributed by atoms with van der Waals surface area (Å²) in [6, 6.07) is 61.7. The second-order valence-electron chi connectivity index (χ2n) is 17.3. The average molecular weight is 1120 g/mol. The molecule has 12 rings (SSSR count). The molecule has 8 aromatic carbocycles. The number of carbonyl (C=O) groups excluding carboxylic acids is 2. The molecule has 12 nitrogen and oxygen atoms in total. The van der Waals surface area contributed by atoms with Gasteiger partial charge in [-0.1, -0.05) is 157 Å². The third kappa shape index (κ3) is 12.2. The Morgan fingerprint density at radius 3 is 1.49 bits per heavy atom. The molecule has 2 fully saturated rings. The molecule has 10 aromatic rings. The first-order valence-electron chi connectivity index (χ1n) is 24.0. The van der Waals surface area contributed by atoms with Crippen molar-refractivity contribution in [1.82, 2.24) is 19.8 Å². The number of benzene rings is 8. The summed E-state index contributed by atoms with van der Waals surface area (Å²) >= 11 is 8.31. The molecular formula is C58H51IN6O6S2. The molecule has 4 heterocycles. The number of piperazine rings is 2. The van der Waals surface area contributed by atoms with E-state index < -0.39 is 0 Å². The van der Waals surface area contributed by atoms with Crippen molar-refractivity contribution in [2.24, 2.45) is 0 Å². The molecule has 0 aliphatic carbocycles. The lowest BCUT2D eigenvalue weighted by Gasteiger charge is -2.33. The third-order valence-electron chi connectivity index (χ3n) is 12.5. The third-order valence-corrected chi connectivity index (χ3v) is 14.9. The number of hydrogen-bond acceptors (Lipinski definition) is 12. The lowest BCUT2D eigenvalue weighted by molar-refractivity contribution is 0.0932. The number of nitrogens with zero attached hydrogens (tertiary/aromatic N) is 6. The second-order valence-corrected chi connectivity index (χ2v) is 20.0. The zero-order valence-electron chi connectivity index (χ0n) is 39.8. The average Bonchev–Trinajstić information content (AvgIpc) is 4.10. The van der Waals surface area contributed by atoms with Crippen LogP contribution in [0.2, 0.25) is 0 Å². The molecule has 2 amide bonds. The highest BCUT2D eigenvalue weighted by molar-refractivity contribution is 14.1. The van der Waals surface area contributed by atoms with Gasteiger partial charge in [0.2, 0.25) is 0 Å². The largest absolute Gasteiger partial charge is 0.445 e. The van der Waals surface area contributed by atoms with Gasteiger partial charge in [-0.3, -0.25) is 0 Å². The van der Waals surface area contributed by atoms with Gasteiger partial charge in [-0.05, 0) is 91.7 Å². The number of carbonyl (C=O) groups is 2. The monoisotopic (exact) mass is 1120 g/mol. The Balaban J connectivity index is 0.000000143. The first kappa shape index (κ1) is 49.4. The molecule has 2 saturated heterocycles.